The van der Waals surface area contributed by atoms with Crippen molar-refractivity contribution < 1.29 is 9.90 Å². The molecule has 0 radical (unpaired) electrons. The molecule has 0 saturated heterocycles. The first kappa shape index (κ1) is 19.9. The average molecular weight is 319 g/mol. The average Bonchev–Trinajstić information content (AvgIpc) is 2.47. The lowest BCUT2D eigenvalue weighted by Gasteiger charge is -2.03. The van der Waals surface area contributed by atoms with Gasteiger partial charge in [0, 0.05) is 6.04 Å². The van der Waals surface area contributed by atoms with Gasteiger partial charge in [-0.2, -0.15) is 0 Å². The molecule has 0 amide bonds. The summed E-state index contributed by atoms with van der Waals surface area (Å²) in [5.74, 6) is -0.679. The molecule has 0 aliphatic heterocycles. The van der Waals surface area contributed by atoms with Gasteiger partial charge in [-0.1, -0.05) is 36.8 Å². The second-order valence-electron chi connectivity index (χ2n) is 4.88. The second-order valence-corrected chi connectivity index (χ2v) is 4.88. The van der Waals surface area contributed by atoms with E-state index in [0.717, 1.165) is 19.3 Å². The van der Waals surface area contributed by atoms with Gasteiger partial charge in [-0.25, -0.2) is 0 Å². The highest BCUT2D eigenvalue weighted by atomic mass is 35.5. The minimum atomic E-state index is -0.679. The Bertz CT molecular complexity index is 380. The van der Waals surface area contributed by atoms with Gasteiger partial charge in [0.15, 0.2) is 0 Å². The zero-order valence-corrected chi connectivity index (χ0v) is 13.4. The molecule has 7 N–H and O–H groups in total. The number of hydrogen-bond acceptors (Lipinski definition) is 5. The van der Waals surface area contributed by atoms with Crippen molar-refractivity contribution in [1.29, 1.82) is 1.43 Å². The number of halogens is 1. The Morgan fingerprint density at radius 1 is 1.29 bits per heavy atom. The Morgan fingerprint density at radius 2 is 1.90 bits per heavy atom. The molecule has 1 rings (SSSR count). The van der Waals surface area contributed by atoms with Crippen molar-refractivity contribution >= 4 is 18.4 Å². The molecule has 1 aromatic rings. The van der Waals surface area contributed by atoms with E-state index in [2.05, 4.69) is 17.2 Å². The first-order valence-corrected chi connectivity index (χ1v) is 6.93. The molecular weight excluding hydrogens is 290 g/mol. The van der Waals surface area contributed by atoms with Crippen molar-refractivity contribution in [3.05, 3.63) is 35.9 Å². The Kier molecular flexibility index (Phi) is 13.1. The highest BCUT2D eigenvalue weighted by molar-refractivity contribution is 5.85. The number of rotatable bonds is 7. The predicted octanol–water partition coefficient (Wildman–Crippen LogP) is 1.53. The molecule has 0 aliphatic carbocycles. The number of unbranched alkanes of at least 4 members (excludes halogenated alkanes) is 1. The molecule has 1 unspecified atom stereocenters. The van der Waals surface area contributed by atoms with E-state index in [1.54, 1.807) is 0 Å². The fraction of sp³-hybridized carbons (Fsp3) is 0.533. The van der Waals surface area contributed by atoms with Crippen LogP contribution in [-0.2, 0) is 11.2 Å². The van der Waals surface area contributed by atoms with E-state index >= 15 is 0 Å². The molecule has 0 bridgehead atoms. The van der Waals surface area contributed by atoms with Gasteiger partial charge >= 0.3 is 5.97 Å². The zero-order valence-electron chi connectivity index (χ0n) is 13.5. The van der Waals surface area contributed by atoms with E-state index in [1.807, 2.05) is 25.1 Å². The highest BCUT2D eigenvalue weighted by Gasteiger charge is 2.09. The Balaban J connectivity index is 0. The standard InChI is InChI=1S/C9H13N.C6H14N2O2.ClH/c1-8(10)7-9-5-3-2-4-6-9;7-4-2-1-3-5(8)6(9)10;/h2-6,8H,7,10H2,1H3;5H,1-4,7-8H2,(H,9,10);1H/t;5-;/m.0./s1/i/hD. The van der Waals surface area contributed by atoms with Crippen LogP contribution < -0.4 is 17.2 Å². The second kappa shape index (κ2) is 13.8. The van der Waals surface area contributed by atoms with E-state index in [-0.39, 0.29) is 18.4 Å². The molecule has 5 nitrogen and oxygen atoms in total. The van der Waals surface area contributed by atoms with Crippen molar-refractivity contribution in [3.8, 4) is 0 Å². The fourth-order valence-electron chi connectivity index (χ4n) is 1.61. The predicted molar refractivity (Wildman–Crippen MR) is 89.6 cm³/mol. The summed E-state index contributed by atoms with van der Waals surface area (Å²) in [4.78, 5) is 10.5. The topological polar surface area (TPSA) is 115 Å². The number of carboxylic acid groups (broad SMARTS) is 1. The third-order valence-electron chi connectivity index (χ3n) is 2.67. The van der Waals surface area contributed by atoms with Crippen LogP contribution in [0.15, 0.2) is 30.3 Å². The van der Waals surface area contributed by atoms with Crippen LogP contribution in [0.2, 0.25) is 0 Å². The van der Waals surface area contributed by atoms with Gasteiger partial charge in [-0.05, 0) is 38.3 Å². The van der Waals surface area contributed by atoms with Crippen LogP contribution in [0.1, 0.15) is 31.7 Å². The minimum Gasteiger partial charge on any atom is -0.480 e. The maximum Gasteiger partial charge on any atom is 0.320 e. The van der Waals surface area contributed by atoms with Crippen LogP contribution in [0.4, 0.5) is 0 Å². The summed E-state index contributed by atoms with van der Waals surface area (Å²) in [5, 5.41) is 3.70. The quantitative estimate of drug-likeness (QED) is 0.569. The van der Waals surface area contributed by atoms with Crippen LogP contribution in [0.25, 0.3) is 1.43 Å². The largest absolute Gasteiger partial charge is 0.480 e. The van der Waals surface area contributed by atoms with E-state index in [1.165, 1.54) is 5.56 Å². The summed E-state index contributed by atoms with van der Waals surface area (Å²) in [6.45, 7) is 2.62. The third kappa shape index (κ3) is 13.6. The lowest BCUT2D eigenvalue weighted by molar-refractivity contribution is -0.138. The normalized spacial score (nSPS) is 12.9. The Morgan fingerprint density at radius 3 is 2.38 bits per heavy atom. The molecule has 6 heteroatoms. The van der Waals surface area contributed by atoms with Crippen molar-refractivity contribution in [3.63, 3.8) is 0 Å². The Hall–Kier alpha value is -1.14. The molecule has 0 aromatic heterocycles. The molecule has 0 saturated carbocycles. The summed E-state index contributed by atoms with van der Waals surface area (Å²) in [6.07, 6.45) is 3.15. The lowest BCUT2D eigenvalue weighted by Crippen LogP contribution is -2.29. The zero-order chi connectivity index (χ0) is 16.1. The Labute approximate surface area is 134 Å². The summed E-state index contributed by atoms with van der Waals surface area (Å²) < 4.78 is 6.27. The van der Waals surface area contributed by atoms with Gasteiger partial charge in [-0.3, -0.25) is 4.79 Å². The monoisotopic (exact) mass is 318 g/mol. The number of hydrogen-bond donors (Lipinski definition) is 4. The molecule has 0 spiro atoms. The number of aliphatic carboxylic acids is 1. The molecule has 2 atom stereocenters. The van der Waals surface area contributed by atoms with Crippen molar-refractivity contribution in [1.82, 2.24) is 0 Å². The van der Waals surface area contributed by atoms with Gasteiger partial charge < -0.3 is 22.3 Å². The van der Waals surface area contributed by atoms with Crippen LogP contribution in [-0.4, -0.2) is 29.7 Å². The molecule has 0 aliphatic rings. The third-order valence-corrected chi connectivity index (χ3v) is 2.67. The lowest BCUT2D eigenvalue weighted by atomic mass is 10.1. The number of benzene rings is 1. The van der Waals surface area contributed by atoms with Crippen molar-refractivity contribution in [2.24, 2.45) is 17.2 Å². The van der Waals surface area contributed by atoms with Crippen molar-refractivity contribution in [2.45, 2.75) is 44.7 Å². The molecular formula is C15H28ClN3O2. The number of carbonyl (C=O) groups is 1. The van der Waals surface area contributed by atoms with Crippen LogP contribution >= 0.6 is 12.4 Å². The molecule has 21 heavy (non-hydrogen) atoms. The van der Waals surface area contributed by atoms with Gasteiger partial charge in [-0.15, -0.1) is 12.4 Å². The van der Waals surface area contributed by atoms with E-state index < -0.39 is 12.0 Å². The molecule has 0 heterocycles. The summed E-state index contributed by atoms with van der Waals surface area (Å²) in [5.41, 5.74) is 17.5. The van der Waals surface area contributed by atoms with Gasteiger partial charge in [0.1, 0.15) is 6.04 Å². The van der Waals surface area contributed by atoms with E-state index in [4.69, 9.17) is 18.6 Å². The fourth-order valence-corrected chi connectivity index (χ4v) is 1.61. The summed E-state index contributed by atoms with van der Waals surface area (Å²) >= 11 is 0. The van der Waals surface area contributed by atoms with Crippen LogP contribution in [0.3, 0.4) is 0 Å². The maximum absolute atomic E-state index is 10.5. The maximum atomic E-state index is 10.5. The van der Waals surface area contributed by atoms with Crippen LogP contribution in [0.5, 0.6) is 0 Å². The van der Waals surface area contributed by atoms with Gasteiger partial charge in [0.05, 0.1) is 0 Å². The van der Waals surface area contributed by atoms with Crippen LogP contribution in [0, 0.1) is 0 Å². The van der Waals surface area contributed by atoms with E-state index in [9.17, 15) is 4.79 Å². The van der Waals surface area contributed by atoms with Gasteiger partial charge in [0.25, 0.3) is 1.43 Å². The minimum absolute atomic E-state index is 0. The van der Waals surface area contributed by atoms with Crippen molar-refractivity contribution in [2.75, 3.05) is 6.54 Å². The first-order chi connectivity index (χ1) is 10.0. The smallest absolute Gasteiger partial charge is 0.320 e. The summed E-state index contributed by atoms with van der Waals surface area (Å²) in [7, 11) is 0. The number of nitrogens with two attached hydrogens (primary N) is 3. The number of carboxylic acids is 1. The SMILES string of the molecule is CC(N)Cc1ccccc1.Cl.[2H]OC(=O)[C@@H](N)CCCCN. The first-order valence-electron chi connectivity index (χ1n) is 7.34. The summed E-state index contributed by atoms with van der Waals surface area (Å²) in [6, 6.07) is 9.90. The van der Waals surface area contributed by atoms with Gasteiger partial charge in [0.2, 0.25) is 0 Å². The molecule has 0 fully saturated rings. The molecule has 122 valence electrons. The van der Waals surface area contributed by atoms with E-state index in [0.29, 0.717) is 13.0 Å². The highest BCUT2D eigenvalue weighted by Crippen LogP contribution is 2.00. The molecule has 1 aromatic carbocycles.